The predicted molar refractivity (Wildman–Crippen MR) is 195 cm³/mol. The van der Waals surface area contributed by atoms with Crippen molar-refractivity contribution in [1.82, 2.24) is 4.90 Å². The highest BCUT2D eigenvalue weighted by molar-refractivity contribution is 6.32. The summed E-state index contributed by atoms with van der Waals surface area (Å²) < 4.78 is 0. The monoisotopic (exact) mass is 716 g/mol. The van der Waals surface area contributed by atoms with E-state index in [1.54, 1.807) is 24.3 Å². The molecule has 0 aromatic heterocycles. The van der Waals surface area contributed by atoms with Crippen molar-refractivity contribution in [3.63, 3.8) is 0 Å². The van der Waals surface area contributed by atoms with E-state index < -0.39 is 52.8 Å². The Morgan fingerprint density at radius 2 is 1.60 bits per heavy atom. The molecule has 10 heteroatoms. The number of halogens is 1. The van der Waals surface area contributed by atoms with E-state index in [0.29, 0.717) is 46.5 Å². The molecule has 52 heavy (non-hydrogen) atoms. The number of allylic oxidation sites excluding steroid dienone is 2. The molecule has 0 radical (unpaired) electrons. The average molecular weight is 717 g/mol. The number of phenolic OH excluding ortho intramolecular Hbond substituents is 1. The number of aliphatic carboxylic acids is 1. The van der Waals surface area contributed by atoms with Gasteiger partial charge in [0.1, 0.15) is 5.75 Å². The summed E-state index contributed by atoms with van der Waals surface area (Å²) >= 11 is 6.40. The molecular formula is C42H37ClN2O7. The van der Waals surface area contributed by atoms with Crippen LogP contribution in [-0.4, -0.2) is 51.3 Å². The van der Waals surface area contributed by atoms with E-state index in [9.17, 15) is 24.3 Å². The highest BCUT2D eigenvalue weighted by Crippen LogP contribution is 2.65. The van der Waals surface area contributed by atoms with Crippen molar-refractivity contribution >= 4 is 57.7 Å². The quantitative estimate of drug-likeness (QED) is 0.108. The lowest BCUT2D eigenvalue weighted by atomic mass is 9.49. The standard InChI is InChI=1S/C42H37ClN2O7/c43-26-13-9-14-27(22-26)45-39(50)33-23-32-29(19-20-30-35(32)40(51)44(38(30)49)21-8-2-5-16-34(46)47)36(42(33,41(45)52)25-11-3-1-4-12-25)31-18-17-24-10-6-7-15-28(24)37(31)48/h1,3-4,6-7,9-15,17-19,22,30,32-33,35-36,48H,2,5,8,16,20-21,23H2,(H,46,47)/t30-,32+,33-,35-,36+,42+/m0/s1. The van der Waals surface area contributed by atoms with Crippen LogP contribution < -0.4 is 4.90 Å². The summed E-state index contributed by atoms with van der Waals surface area (Å²) in [5, 5.41) is 22.9. The van der Waals surface area contributed by atoms with Gasteiger partial charge in [0.15, 0.2) is 0 Å². The second kappa shape index (κ2) is 13.0. The van der Waals surface area contributed by atoms with Crippen LogP contribution in [0.3, 0.4) is 0 Å². The molecule has 0 spiro atoms. The number of carbonyl (C=O) groups is 5. The van der Waals surface area contributed by atoms with Gasteiger partial charge in [0, 0.05) is 34.9 Å². The third-order valence-electron chi connectivity index (χ3n) is 11.8. The predicted octanol–water partition coefficient (Wildman–Crippen LogP) is 7.01. The molecule has 4 aromatic rings. The zero-order valence-electron chi connectivity index (χ0n) is 28.3. The number of carboxylic acid groups (broad SMARTS) is 1. The Hall–Kier alpha value is -5.28. The van der Waals surface area contributed by atoms with Crippen molar-refractivity contribution in [3.05, 3.63) is 119 Å². The first-order valence-corrected chi connectivity index (χ1v) is 18.2. The Kier molecular flexibility index (Phi) is 8.49. The van der Waals surface area contributed by atoms with E-state index >= 15 is 4.79 Å². The minimum atomic E-state index is -1.49. The number of anilines is 1. The molecule has 0 unspecified atom stereocenters. The first kappa shape index (κ1) is 33.8. The number of carboxylic acids is 1. The molecule has 4 amide bonds. The van der Waals surface area contributed by atoms with Crippen LogP contribution in [0.4, 0.5) is 5.69 Å². The number of phenols is 1. The lowest BCUT2D eigenvalue weighted by molar-refractivity contribution is -0.141. The smallest absolute Gasteiger partial charge is 0.303 e. The summed E-state index contributed by atoms with van der Waals surface area (Å²) in [5.74, 6) is -6.02. The molecule has 4 aromatic carbocycles. The van der Waals surface area contributed by atoms with Crippen molar-refractivity contribution in [2.75, 3.05) is 11.4 Å². The first-order chi connectivity index (χ1) is 25.1. The Morgan fingerprint density at radius 3 is 2.37 bits per heavy atom. The van der Waals surface area contributed by atoms with Crippen molar-refractivity contribution in [3.8, 4) is 5.75 Å². The summed E-state index contributed by atoms with van der Waals surface area (Å²) in [4.78, 5) is 72.0. The molecule has 3 fully saturated rings. The number of hydrogen-bond acceptors (Lipinski definition) is 6. The maximum atomic E-state index is 15.4. The fourth-order valence-electron chi connectivity index (χ4n) is 9.60. The number of carbonyl (C=O) groups excluding carboxylic acids is 4. The SMILES string of the molecule is O=C(O)CCCCCN1C(=O)[C@H]2[C@H](CC=C3[C@H]2C[C@H]2C(=O)N(c4cccc(Cl)c4)C(=O)[C@@]2(c2ccccc2)[C@H]3c2ccc3ccccc3c2O)C1=O. The van der Waals surface area contributed by atoms with Gasteiger partial charge in [-0.05, 0) is 60.7 Å². The van der Waals surface area contributed by atoms with Crippen LogP contribution in [0.5, 0.6) is 5.75 Å². The Morgan fingerprint density at radius 1 is 0.827 bits per heavy atom. The van der Waals surface area contributed by atoms with Gasteiger partial charge in [-0.3, -0.25) is 28.9 Å². The number of fused-ring (bicyclic) bond motifs is 5. The van der Waals surface area contributed by atoms with Crippen LogP contribution >= 0.6 is 11.6 Å². The minimum Gasteiger partial charge on any atom is -0.507 e. The van der Waals surface area contributed by atoms with E-state index in [2.05, 4.69) is 0 Å². The van der Waals surface area contributed by atoms with Crippen LogP contribution in [0.1, 0.15) is 55.6 Å². The molecule has 2 aliphatic carbocycles. The first-order valence-electron chi connectivity index (χ1n) is 17.8. The van der Waals surface area contributed by atoms with Crippen molar-refractivity contribution in [2.24, 2.45) is 23.7 Å². The molecule has 2 saturated heterocycles. The van der Waals surface area contributed by atoms with Gasteiger partial charge in [-0.25, -0.2) is 4.90 Å². The zero-order valence-corrected chi connectivity index (χ0v) is 29.0. The summed E-state index contributed by atoms with van der Waals surface area (Å²) in [7, 11) is 0. The number of amides is 4. The Balaban J connectivity index is 1.30. The van der Waals surface area contributed by atoms with E-state index in [4.69, 9.17) is 16.7 Å². The van der Waals surface area contributed by atoms with Gasteiger partial charge in [0.25, 0.3) is 0 Å². The Bertz CT molecular complexity index is 2180. The maximum Gasteiger partial charge on any atom is 0.303 e. The molecule has 4 aliphatic rings. The maximum absolute atomic E-state index is 15.4. The zero-order chi connectivity index (χ0) is 36.3. The van der Waals surface area contributed by atoms with Gasteiger partial charge >= 0.3 is 5.97 Å². The number of hydrogen-bond donors (Lipinski definition) is 2. The van der Waals surface area contributed by atoms with Gasteiger partial charge in [-0.2, -0.15) is 0 Å². The number of nitrogens with zero attached hydrogens (tertiary/aromatic N) is 2. The summed E-state index contributed by atoms with van der Waals surface area (Å²) in [5.41, 5.74) is 0.711. The summed E-state index contributed by atoms with van der Waals surface area (Å²) in [6.45, 7) is 0.193. The van der Waals surface area contributed by atoms with Crippen LogP contribution in [0.25, 0.3) is 10.8 Å². The molecule has 264 valence electrons. The van der Waals surface area contributed by atoms with E-state index in [1.807, 2.05) is 72.8 Å². The van der Waals surface area contributed by atoms with Gasteiger partial charge in [0.2, 0.25) is 23.6 Å². The number of benzene rings is 4. The molecule has 0 bridgehead atoms. The fraction of sp³-hybridized carbons (Fsp3) is 0.310. The number of aromatic hydroxyl groups is 1. The van der Waals surface area contributed by atoms with E-state index in [-0.39, 0.29) is 43.4 Å². The van der Waals surface area contributed by atoms with Crippen LogP contribution in [-0.2, 0) is 29.4 Å². The molecule has 8 rings (SSSR count). The number of imide groups is 2. The Labute approximate surface area is 305 Å². The molecule has 2 heterocycles. The van der Waals surface area contributed by atoms with Crippen LogP contribution in [0, 0.1) is 23.7 Å². The van der Waals surface area contributed by atoms with Gasteiger partial charge < -0.3 is 10.2 Å². The molecular weight excluding hydrogens is 680 g/mol. The van der Waals surface area contributed by atoms with Crippen LogP contribution in [0.15, 0.2) is 103 Å². The molecule has 6 atom stereocenters. The topological polar surface area (TPSA) is 132 Å². The number of likely N-dealkylation sites (tertiary alicyclic amines) is 1. The van der Waals surface area contributed by atoms with E-state index in [0.717, 1.165) is 11.0 Å². The number of unbranched alkanes of at least 4 members (excludes halogenated alkanes) is 2. The van der Waals surface area contributed by atoms with Gasteiger partial charge in [-0.1, -0.05) is 102 Å². The van der Waals surface area contributed by atoms with E-state index in [1.165, 1.54) is 9.80 Å². The highest BCUT2D eigenvalue weighted by atomic mass is 35.5. The average Bonchev–Trinajstić information content (AvgIpc) is 3.52. The molecule has 1 saturated carbocycles. The van der Waals surface area contributed by atoms with Crippen LogP contribution in [0.2, 0.25) is 5.02 Å². The third kappa shape index (κ3) is 5.08. The van der Waals surface area contributed by atoms with Crippen molar-refractivity contribution in [2.45, 2.75) is 49.9 Å². The summed E-state index contributed by atoms with van der Waals surface area (Å²) in [6.07, 6.45) is 3.93. The van der Waals surface area contributed by atoms with Gasteiger partial charge in [-0.15, -0.1) is 0 Å². The van der Waals surface area contributed by atoms with Gasteiger partial charge in [0.05, 0.1) is 28.9 Å². The lowest BCUT2D eigenvalue weighted by Gasteiger charge is -2.50. The third-order valence-corrected chi connectivity index (χ3v) is 12.0. The molecule has 9 nitrogen and oxygen atoms in total. The summed E-state index contributed by atoms with van der Waals surface area (Å²) in [6, 6.07) is 27.0. The lowest BCUT2D eigenvalue weighted by Crippen LogP contribution is -2.53. The minimum absolute atomic E-state index is 0.000837. The second-order valence-electron chi connectivity index (χ2n) is 14.4. The molecule has 2 aliphatic heterocycles. The highest BCUT2D eigenvalue weighted by Gasteiger charge is 2.70. The normalized spacial score (nSPS) is 26.7. The second-order valence-corrected chi connectivity index (χ2v) is 14.8. The largest absolute Gasteiger partial charge is 0.507 e. The number of rotatable bonds is 9. The van der Waals surface area contributed by atoms with Crippen molar-refractivity contribution in [1.29, 1.82) is 0 Å². The van der Waals surface area contributed by atoms with Crippen molar-refractivity contribution < 1.29 is 34.2 Å². The fourth-order valence-corrected chi connectivity index (χ4v) is 9.79. The molecule has 2 N–H and O–H groups in total.